The average molecular weight is 337 g/mol. The van der Waals surface area contributed by atoms with Gasteiger partial charge in [-0.05, 0) is 56.5 Å². The zero-order chi connectivity index (χ0) is 16.4. The van der Waals surface area contributed by atoms with Crippen molar-refractivity contribution >= 4 is 15.9 Å². The molecule has 2 aliphatic rings. The molecule has 126 valence electrons. The van der Waals surface area contributed by atoms with Gasteiger partial charge in [-0.1, -0.05) is 0 Å². The van der Waals surface area contributed by atoms with E-state index < -0.39 is 10.0 Å². The number of carbonyl (C=O) groups excluding carboxylic acids is 1. The third kappa shape index (κ3) is 4.10. The minimum absolute atomic E-state index is 0.142. The molecule has 1 heterocycles. The lowest BCUT2D eigenvalue weighted by atomic mass is 10.2. The van der Waals surface area contributed by atoms with Crippen LogP contribution >= 0.6 is 0 Å². The number of nitrogens with zero attached hydrogens (tertiary/aromatic N) is 1. The summed E-state index contributed by atoms with van der Waals surface area (Å²) in [6.07, 6.45) is 3.66. The third-order valence-electron chi connectivity index (χ3n) is 4.52. The van der Waals surface area contributed by atoms with Gasteiger partial charge in [0.05, 0.1) is 4.90 Å². The number of nitrogens with one attached hydrogen (secondary N) is 2. The lowest BCUT2D eigenvalue weighted by Gasteiger charge is -2.16. The van der Waals surface area contributed by atoms with Gasteiger partial charge in [0.1, 0.15) is 0 Å². The molecule has 1 amide bonds. The zero-order valence-corrected chi connectivity index (χ0v) is 14.1. The summed E-state index contributed by atoms with van der Waals surface area (Å²) in [6, 6.07) is 6.19. The highest BCUT2D eigenvalue weighted by Crippen LogP contribution is 2.30. The summed E-state index contributed by atoms with van der Waals surface area (Å²) in [6.45, 7) is 3.11. The van der Waals surface area contributed by atoms with Crippen LogP contribution in [0.15, 0.2) is 29.2 Å². The maximum atomic E-state index is 12.3. The topological polar surface area (TPSA) is 78.5 Å². The van der Waals surface area contributed by atoms with Crippen molar-refractivity contribution in [2.24, 2.45) is 5.92 Å². The van der Waals surface area contributed by atoms with Gasteiger partial charge in [-0.2, -0.15) is 0 Å². The fraction of sp³-hybridized carbons (Fsp3) is 0.562. The first-order valence-electron chi connectivity index (χ1n) is 8.05. The van der Waals surface area contributed by atoms with Crippen LogP contribution in [-0.2, 0) is 10.0 Å². The van der Waals surface area contributed by atoms with E-state index in [1.807, 2.05) is 0 Å². The van der Waals surface area contributed by atoms with Gasteiger partial charge in [-0.25, -0.2) is 13.1 Å². The van der Waals surface area contributed by atoms with E-state index in [4.69, 9.17) is 0 Å². The van der Waals surface area contributed by atoms with Crippen molar-refractivity contribution in [1.29, 1.82) is 0 Å². The van der Waals surface area contributed by atoms with E-state index in [-0.39, 0.29) is 16.8 Å². The number of hydrogen-bond donors (Lipinski definition) is 2. The molecule has 1 aliphatic heterocycles. The third-order valence-corrected chi connectivity index (χ3v) is 5.95. The molecule has 1 aromatic carbocycles. The van der Waals surface area contributed by atoms with Gasteiger partial charge in [0.2, 0.25) is 10.0 Å². The van der Waals surface area contributed by atoms with Crippen LogP contribution in [0.2, 0.25) is 0 Å². The Kier molecular flexibility index (Phi) is 4.70. The van der Waals surface area contributed by atoms with E-state index in [2.05, 4.69) is 14.9 Å². The highest BCUT2D eigenvalue weighted by atomic mass is 32.2. The van der Waals surface area contributed by atoms with Crippen molar-refractivity contribution < 1.29 is 13.2 Å². The van der Waals surface area contributed by atoms with Crippen LogP contribution in [0.3, 0.4) is 0 Å². The van der Waals surface area contributed by atoms with Gasteiger partial charge in [-0.3, -0.25) is 4.79 Å². The van der Waals surface area contributed by atoms with Gasteiger partial charge in [0, 0.05) is 31.2 Å². The molecule has 0 aromatic heterocycles. The Balaban J connectivity index is 1.56. The highest BCUT2D eigenvalue weighted by molar-refractivity contribution is 7.89. The molecule has 0 bridgehead atoms. The second-order valence-corrected chi connectivity index (χ2v) is 8.28. The van der Waals surface area contributed by atoms with E-state index in [1.54, 1.807) is 12.1 Å². The first kappa shape index (κ1) is 16.4. The number of hydrogen-bond acceptors (Lipinski definition) is 4. The molecule has 1 aliphatic carbocycles. The quantitative estimate of drug-likeness (QED) is 0.805. The van der Waals surface area contributed by atoms with E-state index >= 15 is 0 Å². The van der Waals surface area contributed by atoms with Crippen molar-refractivity contribution in [3.05, 3.63) is 29.8 Å². The van der Waals surface area contributed by atoms with Crippen molar-refractivity contribution in [2.45, 2.75) is 30.2 Å². The summed E-state index contributed by atoms with van der Waals surface area (Å²) in [5.74, 6) is 0.725. The Hall–Kier alpha value is -1.44. The molecule has 1 aromatic rings. The van der Waals surface area contributed by atoms with Crippen LogP contribution in [0.5, 0.6) is 0 Å². The highest BCUT2D eigenvalue weighted by Gasteiger charge is 2.29. The van der Waals surface area contributed by atoms with Gasteiger partial charge >= 0.3 is 0 Å². The van der Waals surface area contributed by atoms with Crippen molar-refractivity contribution in [1.82, 2.24) is 14.9 Å². The zero-order valence-electron chi connectivity index (χ0n) is 13.3. The number of amides is 1. The van der Waals surface area contributed by atoms with Crippen molar-refractivity contribution in [3.63, 3.8) is 0 Å². The second-order valence-electron chi connectivity index (χ2n) is 6.39. The number of sulfonamides is 1. The average Bonchev–Trinajstić information content (AvgIpc) is 3.26. The van der Waals surface area contributed by atoms with E-state index in [1.165, 1.54) is 32.0 Å². The molecule has 6 nitrogen and oxygen atoms in total. The second kappa shape index (κ2) is 6.59. The summed E-state index contributed by atoms with van der Waals surface area (Å²) in [5, 5.41) is 3.05. The number of rotatable bonds is 6. The lowest BCUT2D eigenvalue weighted by molar-refractivity contribution is 0.0937. The normalized spacial score (nSPS) is 22.2. The Morgan fingerprint density at radius 3 is 2.52 bits per heavy atom. The van der Waals surface area contributed by atoms with Gasteiger partial charge < -0.3 is 10.2 Å². The lowest BCUT2D eigenvalue weighted by Crippen LogP contribution is -2.37. The number of carbonyl (C=O) groups is 1. The Morgan fingerprint density at radius 2 is 1.91 bits per heavy atom. The van der Waals surface area contributed by atoms with E-state index in [9.17, 15) is 13.2 Å². The summed E-state index contributed by atoms with van der Waals surface area (Å²) >= 11 is 0. The Morgan fingerprint density at radius 1 is 1.22 bits per heavy atom. The summed E-state index contributed by atoms with van der Waals surface area (Å²) < 4.78 is 25.6. The standard InChI is InChI=1S/C16H23N3O3S/c1-17-23(21,22)15-6-4-13(5-7-15)16(20)18-14-8-9-19(11-14)10-12-2-3-12/h4-7,12,14,17H,2-3,8-11H2,1H3,(H,18,20)/t14-/m0/s1. The predicted molar refractivity (Wildman–Crippen MR) is 87.7 cm³/mol. The van der Waals surface area contributed by atoms with Crippen LogP contribution in [0.4, 0.5) is 0 Å². The molecule has 1 saturated heterocycles. The summed E-state index contributed by atoms with van der Waals surface area (Å²) in [4.78, 5) is 14.9. The Labute approximate surface area is 137 Å². The summed E-state index contributed by atoms with van der Waals surface area (Å²) in [7, 11) is -2.10. The van der Waals surface area contributed by atoms with Gasteiger partial charge in [0.25, 0.3) is 5.91 Å². The number of benzene rings is 1. The molecule has 1 atom stereocenters. The maximum absolute atomic E-state index is 12.3. The fourth-order valence-corrected chi connectivity index (χ4v) is 3.68. The molecule has 2 N–H and O–H groups in total. The fourth-order valence-electron chi connectivity index (χ4n) is 2.95. The van der Waals surface area contributed by atoms with Crippen LogP contribution < -0.4 is 10.0 Å². The molecule has 7 heteroatoms. The van der Waals surface area contributed by atoms with Crippen LogP contribution in [0.25, 0.3) is 0 Å². The Bertz CT molecular complexity index is 668. The SMILES string of the molecule is CNS(=O)(=O)c1ccc(C(=O)N[C@H]2CCN(CC3CC3)C2)cc1. The smallest absolute Gasteiger partial charge is 0.251 e. The number of likely N-dealkylation sites (tertiary alicyclic amines) is 1. The maximum Gasteiger partial charge on any atom is 0.251 e. The van der Waals surface area contributed by atoms with Crippen LogP contribution in [-0.4, -0.2) is 51.9 Å². The first-order chi connectivity index (χ1) is 11.0. The van der Waals surface area contributed by atoms with Crippen molar-refractivity contribution in [2.75, 3.05) is 26.7 Å². The molecule has 0 spiro atoms. The molecule has 23 heavy (non-hydrogen) atoms. The van der Waals surface area contributed by atoms with Crippen LogP contribution in [0, 0.1) is 5.92 Å². The van der Waals surface area contributed by atoms with E-state index in [0.29, 0.717) is 5.56 Å². The molecular weight excluding hydrogens is 314 g/mol. The van der Waals surface area contributed by atoms with Crippen LogP contribution in [0.1, 0.15) is 29.6 Å². The first-order valence-corrected chi connectivity index (χ1v) is 9.53. The summed E-state index contributed by atoms with van der Waals surface area (Å²) in [5.41, 5.74) is 0.487. The molecular formula is C16H23N3O3S. The molecule has 1 saturated carbocycles. The molecule has 0 unspecified atom stereocenters. The molecule has 3 rings (SSSR count). The minimum Gasteiger partial charge on any atom is -0.348 e. The largest absolute Gasteiger partial charge is 0.348 e. The monoisotopic (exact) mass is 337 g/mol. The van der Waals surface area contributed by atoms with E-state index in [0.717, 1.165) is 32.0 Å². The molecule has 2 fully saturated rings. The minimum atomic E-state index is -3.46. The van der Waals surface area contributed by atoms with Crippen molar-refractivity contribution in [3.8, 4) is 0 Å². The van der Waals surface area contributed by atoms with Gasteiger partial charge in [-0.15, -0.1) is 0 Å². The molecule has 0 radical (unpaired) electrons. The van der Waals surface area contributed by atoms with Gasteiger partial charge in [0.15, 0.2) is 0 Å². The predicted octanol–water partition coefficient (Wildman–Crippen LogP) is 0.809.